The molecule has 38 heavy (non-hydrogen) atoms. The first-order valence-electron chi connectivity index (χ1n) is 12.3. The van der Waals surface area contributed by atoms with Crippen molar-refractivity contribution < 1.29 is 27.2 Å². The Bertz CT molecular complexity index is 1450. The molecule has 0 aliphatic rings. The van der Waals surface area contributed by atoms with E-state index in [2.05, 4.69) is 19.8 Å². The van der Waals surface area contributed by atoms with Gasteiger partial charge >= 0.3 is 6.36 Å². The van der Waals surface area contributed by atoms with Crippen molar-refractivity contribution in [3.05, 3.63) is 71.1 Å². The zero-order valence-corrected chi connectivity index (χ0v) is 22.6. The normalized spacial score (nSPS) is 12.7. The lowest BCUT2D eigenvalue weighted by atomic mass is 9.82. The van der Waals surface area contributed by atoms with E-state index in [-0.39, 0.29) is 17.2 Å². The molecule has 2 heterocycles. The van der Waals surface area contributed by atoms with Gasteiger partial charge in [-0.15, -0.1) is 13.2 Å². The van der Waals surface area contributed by atoms with E-state index in [0.29, 0.717) is 17.9 Å². The van der Waals surface area contributed by atoms with Crippen LogP contribution in [0.15, 0.2) is 53.1 Å². The average molecular weight is 528 g/mol. The smallest absolute Gasteiger partial charge is 0.406 e. The number of amides is 1. The van der Waals surface area contributed by atoms with Gasteiger partial charge in [0.1, 0.15) is 11.5 Å². The monoisotopic (exact) mass is 527 g/mol. The number of ether oxygens (including phenoxy) is 1. The molecule has 1 N–H and O–H groups in total. The van der Waals surface area contributed by atoms with Gasteiger partial charge in [0.05, 0.1) is 17.7 Å². The molecular weight excluding hydrogens is 495 g/mol. The van der Waals surface area contributed by atoms with Gasteiger partial charge in [-0.1, -0.05) is 11.2 Å². The lowest BCUT2D eigenvalue weighted by Gasteiger charge is -2.30. The lowest BCUT2D eigenvalue weighted by Crippen LogP contribution is -2.48. The minimum atomic E-state index is -4.76. The van der Waals surface area contributed by atoms with Crippen molar-refractivity contribution in [2.75, 3.05) is 0 Å². The maximum atomic E-state index is 13.1. The molecule has 0 saturated carbocycles. The molecule has 0 atom stereocenters. The zero-order valence-electron chi connectivity index (χ0n) is 22.6. The average Bonchev–Trinajstić information content (AvgIpc) is 3.32. The van der Waals surface area contributed by atoms with E-state index in [1.165, 1.54) is 12.1 Å². The van der Waals surface area contributed by atoms with Crippen molar-refractivity contribution in [3.8, 4) is 17.0 Å². The third kappa shape index (κ3) is 5.71. The molecule has 0 fully saturated rings. The molecule has 2 aromatic carbocycles. The van der Waals surface area contributed by atoms with Crippen LogP contribution < -0.4 is 10.1 Å². The molecule has 0 unspecified atom stereocenters. The number of benzene rings is 2. The number of halogens is 3. The number of carbonyl (C=O) groups is 1. The number of nitrogens with zero attached hydrogens (tertiary/aromatic N) is 2. The predicted octanol–water partition coefficient (Wildman–Crippen LogP) is 7.05. The summed E-state index contributed by atoms with van der Waals surface area (Å²) in [7, 11) is 0. The van der Waals surface area contributed by atoms with Crippen LogP contribution in [0.5, 0.6) is 5.75 Å². The lowest BCUT2D eigenvalue weighted by molar-refractivity contribution is -0.274. The standard InChI is InChI=1S/C29H32F3N3O3/c1-17-23(18(2)38-34-17)16-35-24-13-10-21(28(6,7)26(36)33-27(3,4)5)14-20(24)15-25(35)19-8-11-22(12-9-19)37-29(30,31)32/h8-15H,16H2,1-7H3,(H,33,36). The van der Waals surface area contributed by atoms with Crippen LogP contribution in [-0.4, -0.2) is 27.5 Å². The second-order valence-electron chi connectivity index (χ2n) is 11.1. The van der Waals surface area contributed by atoms with Gasteiger partial charge in [-0.05, 0) is 102 Å². The van der Waals surface area contributed by atoms with Crippen LogP contribution in [0.25, 0.3) is 22.2 Å². The van der Waals surface area contributed by atoms with Gasteiger partial charge in [0.2, 0.25) is 5.91 Å². The predicted molar refractivity (Wildman–Crippen MR) is 140 cm³/mol. The summed E-state index contributed by atoms with van der Waals surface area (Å²) in [6.45, 7) is 13.8. The summed E-state index contributed by atoms with van der Waals surface area (Å²) in [6, 6.07) is 13.7. The molecule has 0 aliphatic carbocycles. The zero-order chi connectivity index (χ0) is 28.0. The van der Waals surface area contributed by atoms with E-state index in [0.717, 1.165) is 33.4 Å². The number of aryl methyl sites for hydroxylation is 2. The molecule has 0 aliphatic heterocycles. The molecule has 1 amide bonds. The highest BCUT2D eigenvalue weighted by Crippen LogP contribution is 2.35. The molecule has 2 aromatic heterocycles. The third-order valence-electron chi connectivity index (χ3n) is 6.56. The first kappa shape index (κ1) is 27.3. The minimum absolute atomic E-state index is 0.0834. The van der Waals surface area contributed by atoms with Crippen LogP contribution in [0.4, 0.5) is 13.2 Å². The fourth-order valence-corrected chi connectivity index (χ4v) is 4.41. The molecule has 0 saturated heterocycles. The Morgan fingerprint density at radius 3 is 2.21 bits per heavy atom. The Labute approximate surface area is 219 Å². The summed E-state index contributed by atoms with van der Waals surface area (Å²) in [5, 5.41) is 8.02. The van der Waals surface area contributed by atoms with Crippen molar-refractivity contribution in [2.24, 2.45) is 0 Å². The first-order chi connectivity index (χ1) is 17.5. The van der Waals surface area contributed by atoms with Crippen LogP contribution in [0.2, 0.25) is 0 Å². The van der Waals surface area contributed by atoms with Gasteiger partial charge in [0.25, 0.3) is 0 Å². The summed E-state index contributed by atoms with van der Waals surface area (Å²) in [5.74, 6) is 0.323. The Kier molecular flexibility index (Phi) is 6.84. The summed E-state index contributed by atoms with van der Waals surface area (Å²) in [6.07, 6.45) is -4.76. The van der Waals surface area contributed by atoms with E-state index >= 15 is 0 Å². The molecule has 4 aromatic rings. The van der Waals surface area contributed by atoms with Crippen molar-refractivity contribution >= 4 is 16.8 Å². The SMILES string of the molecule is Cc1noc(C)c1Cn1c(-c2ccc(OC(F)(F)F)cc2)cc2cc(C(C)(C)C(=O)NC(C)(C)C)ccc21. The minimum Gasteiger partial charge on any atom is -0.406 e. The number of fused-ring (bicyclic) bond motifs is 1. The first-order valence-corrected chi connectivity index (χ1v) is 12.3. The highest BCUT2D eigenvalue weighted by Gasteiger charge is 2.33. The van der Waals surface area contributed by atoms with Gasteiger partial charge in [0.15, 0.2) is 0 Å². The number of rotatable bonds is 6. The maximum Gasteiger partial charge on any atom is 0.573 e. The topological polar surface area (TPSA) is 69.3 Å². The highest BCUT2D eigenvalue weighted by molar-refractivity contribution is 5.92. The number of hydrogen-bond donors (Lipinski definition) is 1. The maximum absolute atomic E-state index is 13.1. The van der Waals surface area contributed by atoms with Crippen molar-refractivity contribution in [3.63, 3.8) is 0 Å². The van der Waals surface area contributed by atoms with E-state index in [9.17, 15) is 18.0 Å². The van der Waals surface area contributed by atoms with Crippen molar-refractivity contribution in [2.45, 2.75) is 72.3 Å². The van der Waals surface area contributed by atoms with Gasteiger partial charge in [-0.25, -0.2) is 0 Å². The van der Waals surface area contributed by atoms with Gasteiger partial charge in [0, 0.05) is 27.7 Å². The highest BCUT2D eigenvalue weighted by atomic mass is 19.4. The Hall–Kier alpha value is -3.75. The third-order valence-corrected chi connectivity index (χ3v) is 6.56. The van der Waals surface area contributed by atoms with Crippen LogP contribution in [0, 0.1) is 13.8 Å². The molecule has 0 radical (unpaired) electrons. The largest absolute Gasteiger partial charge is 0.573 e. The molecule has 6 nitrogen and oxygen atoms in total. The molecule has 0 spiro atoms. The number of aromatic nitrogens is 2. The number of hydrogen-bond acceptors (Lipinski definition) is 4. The Morgan fingerprint density at radius 2 is 1.66 bits per heavy atom. The van der Waals surface area contributed by atoms with Crippen LogP contribution in [0.3, 0.4) is 0 Å². The molecule has 4 rings (SSSR count). The summed E-state index contributed by atoms with van der Waals surface area (Å²) >= 11 is 0. The number of alkyl halides is 3. The van der Waals surface area contributed by atoms with Crippen LogP contribution in [0.1, 0.15) is 57.2 Å². The molecular formula is C29H32F3N3O3. The fraction of sp³-hybridized carbons (Fsp3) is 0.379. The number of nitrogens with one attached hydrogen (secondary N) is 1. The second kappa shape index (κ2) is 9.53. The van der Waals surface area contributed by atoms with Gasteiger partial charge in [-0.3, -0.25) is 4.79 Å². The van der Waals surface area contributed by atoms with Crippen LogP contribution in [-0.2, 0) is 16.8 Å². The summed E-state index contributed by atoms with van der Waals surface area (Å²) in [4.78, 5) is 13.1. The molecule has 9 heteroatoms. The fourth-order valence-electron chi connectivity index (χ4n) is 4.41. The van der Waals surface area contributed by atoms with Crippen molar-refractivity contribution in [1.82, 2.24) is 15.0 Å². The summed E-state index contributed by atoms with van der Waals surface area (Å²) < 4.78 is 49.5. The quantitative estimate of drug-likeness (QED) is 0.292. The van der Waals surface area contributed by atoms with Crippen LogP contribution >= 0.6 is 0 Å². The van der Waals surface area contributed by atoms with Crippen molar-refractivity contribution in [1.29, 1.82) is 0 Å². The molecule has 0 bridgehead atoms. The van der Waals surface area contributed by atoms with E-state index in [1.807, 2.05) is 72.7 Å². The second-order valence-corrected chi connectivity index (χ2v) is 11.1. The van der Waals surface area contributed by atoms with Gasteiger partial charge in [-0.2, -0.15) is 0 Å². The Balaban J connectivity index is 1.82. The molecule has 202 valence electrons. The van der Waals surface area contributed by atoms with Gasteiger partial charge < -0.3 is 19.1 Å². The number of carbonyl (C=O) groups excluding carboxylic acids is 1. The van der Waals surface area contributed by atoms with E-state index in [1.54, 1.807) is 12.1 Å². The summed E-state index contributed by atoms with van der Waals surface area (Å²) in [5.41, 5.74) is 3.80. The Morgan fingerprint density at radius 1 is 1.00 bits per heavy atom. The van der Waals surface area contributed by atoms with E-state index < -0.39 is 11.8 Å². The van der Waals surface area contributed by atoms with E-state index in [4.69, 9.17) is 4.52 Å².